The summed E-state index contributed by atoms with van der Waals surface area (Å²) in [5.74, 6) is -0.287. The number of aromatic nitrogens is 2. The third-order valence-corrected chi connectivity index (χ3v) is 1.61. The Morgan fingerprint density at radius 1 is 1.79 bits per heavy atom. The molecule has 1 aromatic heterocycles. The van der Waals surface area contributed by atoms with E-state index < -0.39 is 0 Å². The van der Waals surface area contributed by atoms with Gasteiger partial charge >= 0.3 is 5.97 Å². The summed E-state index contributed by atoms with van der Waals surface area (Å²) in [6.45, 7) is 2.15. The zero-order chi connectivity index (χ0) is 9.68. The Morgan fingerprint density at radius 3 is 3.00 bits per heavy atom. The molecule has 0 bridgehead atoms. The van der Waals surface area contributed by atoms with Gasteiger partial charge in [-0.2, -0.15) is 5.10 Å². The second-order valence-electron chi connectivity index (χ2n) is 2.63. The lowest BCUT2D eigenvalue weighted by Gasteiger charge is -2.07. The molecule has 0 saturated heterocycles. The Bertz CT molecular complexity index is 264. The van der Waals surface area contributed by atoms with Crippen LogP contribution in [0.4, 0.5) is 0 Å². The lowest BCUT2D eigenvalue weighted by molar-refractivity contribution is -0.143. The average molecular weight is 220 g/mol. The van der Waals surface area contributed by atoms with Crippen molar-refractivity contribution in [3.63, 3.8) is 0 Å². The highest BCUT2D eigenvalue weighted by molar-refractivity contribution is 5.85. The Morgan fingerprint density at radius 2 is 2.50 bits per heavy atom. The van der Waals surface area contributed by atoms with Crippen molar-refractivity contribution in [1.82, 2.24) is 10.2 Å². The van der Waals surface area contributed by atoms with Crippen LogP contribution in [0, 0.1) is 0 Å². The van der Waals surface area contributed by atoms with Gasteiger partial charge in [-0.3, -0.25) is 9.89 Å². The first-order valence-electron chi connectivity index (χ1n) is 4.14. The van der Waals surface area contributed by atoms with Crippen molar-refractivity contribution < 1.29 is 9.53 Å². The fourth-order valence-corrected chi connectivity index (χ4v) is 0.983. The molecule has 0 aliphatic rings. The average Bonchev–Trinajstić information content (AvgIpc) is 2.55. The van der Waals surface area contributed by atoms with Gasteiger partial charge in [0.25, 0.3) is 0 Å². The van der Waals surface area contributed by atoms with Gasteiger partial charge in [0.15, 0.2) is 0 Å². The minimum Gasteiger partial charge on any atom is -0.466 e. The molecule has 0 aromatic carbocycles. The highest BCUT2D eigenvalue weighted by Gasteiger charge is 2.12. The van der Waals surface area contributed by atoms with Crippen molar-refractivity contribution in [3.8, 4) is 0 Å². The molecule has 0 fully saturated rings. The zero-order valence-electron chi connectivity index (χ0n) is 7.90. The van der Waals surface area contributed by atoms with Crippen LogP contribution >= 0.6 is 12.4 Å². The summed E-state index contributed by atoms with van der Waals surface area (Å²) in [6, 6.07) is 1.38. The second kappa shape index (κ2) is 6.39. The topological polar surface area (TPSA) is 81.0 Å². The van der Waals surface area contributed by atoms with Crippen molar-refractivity contribution >= 4 is 18.4 Å². The van der Waals surface area contributed by atoms with Gasteiger partial charge in [0.2, 0.25) is 0 Å². The number of carbonyl (C=O) groups is 1. The van der Waals surface area contributed by atoms with E-state index in [1.165, 1.54) is 0 Å². The van der Waals surface area contributed by atoms with E-state index >= 15 is 0 Å². The summed E-state index contributed by atoms with van der Waals surface area (Å²) in [7, 11) is 0. The molecule has 6 heteroatoms. The number of nitrogens with two attached hydrogens (primary N) is 1. The molecule has 1 atom stereocenters. The van der Waals surface area contributed by atoms with Crippen LogP contribution in [0.25, 0.3) is 0 Å². The molecule has 0 aliphatic heterocycles. The summed E-state index contributed by atoms with van der Waals surface area (Å²) in [5, 5.41) is 6.44. The molecular formula is C8H14ClN3O2. The number of aromatic amines is 1. The Hall–Kier alpha value is -1.07. The molecule has 0 amide bonds. The van der Waals surface area contributed by atoms with Crippen molar-refractivity contribution in [1.29, 1.82) is 0 Å². The maximum absolute atomic E-state index is 11.0. The quantitative estimate of drug-likeness (QED) is 0.734. The number of hydrogen-bond acceptors (Lipinski definition) is 4. The SMILES string of the molecule is CCOC(=O)CC(N)c1ccn[nH]1.Cl. The first-order chi connectivity index (χ1) is 6.24. The summed E-state index contributed by atoms with van der Waals surface area (Å²) in [6.07, 6.45) is 1.77. The summed E-state index contributed by atoms with van der Waals surface area (Å²) in [4.78, 5) is 11.0. The van der Waals surface area contributed by atoms with Crippen LogP contribution in [0.5, 0.6) is 0 Å². The van der Waals surface area contributed by atoms with Crippen LogP contribution in [0.1, 0.15) is 25.1 Å². The normalized spacial score (nSPS) is 11.6. The summed E-state index contributed by atoms with van der Waals surface area (Å²) < 4.78 is 4.76. The van der Waals surface area contributed by atoms with Crippen LogP contribution in [-0.2, 0) is 9.53 Å². The third kappa shape index (κ3) is 3.76. The maximum Gasteiger partial charge on any atom is 0.307 e. The van der Waals surface area contributed by atoms with Crippen molar-refractivity contribution in [2.24, 2.45) is 5.73 Å². The first kappa shape index (κ1) is 12.9. The highest BCUT2D eigenvalue weighted by Crippen LogP contribution is 2.10. The van der Waals surface area contributed by atoms with Crippen molar-refractivity contribution in [3.05, 3.63) is 18.0 Å². The van der Waals surface area contributed by atoms with E-state index in [-0.39, 0.29) is 30.8 Å². The van der Waals surface area contributed by atoms with Gasteiger partial charge in [-0.25, -0.2) is 0 Å². The molecule has 0 spiro atoms. The molecule has 5 nitrogen and oxygen atoms in total. The van der Waals surface area contributed by atoms with E-state index in [2.05, 4.69) is 10.2 Å². The lowest BCUT2D eigenvalue weighted by atomic mass is 10.1. The smallest absolute Gasteiger partial charge is 0.307 e. The number of hydrogen-bond donors (Lipinski definition) is 2. The molecule has 0 radical (unpaired) electrons. The molecule has 1 unspecified atom stereocenters. The molecule has 3 N–H and O–H groups in total. The number of rotatable bonds is 4. The van der Waals surface area contributed by atoms with Crippen LogP contribution in [0.3, 0.4) is 0 Å². The fourth-order valence-electron chi connectivity index (χ4n) is 0.983. The minimum atomic E-state index is -0.360. The molecular weight excluding hydrogens is 206 g/mol. The first-order valence-corrected chi connectivity index (χ1v) is 4.14. The van der Waals surface area contributed by atoms with E-state index in [1.807, 2.05) is 0 Å². The summed E-state index contributed by atoms with van der Waals surface area (Å²) in [5.41, 5.74) is 6.44. The van der Waals surface area contributed by atoms with Crippen molar-refractivity contribution in [2.45, 2.75) is 19.4 Å². The van der Waals surface area contributed by atoms with Gasteiger partial charge in [0.05, 0.1) is 24.8 Å². The molecule has 0 saturated carbocycles. The number of nitrogens with one attached hydrogen (secondary N) is 1. The predicted octanol–water partition coefficient (Wildman–Crippen LogP) is 0.785. The number of carbonyl (C=O) groups excluding carboxylic acids is 1. The van der Waals surface area contributed by atoms with Gasteiger partial charge in [-0.1, -0.05) is 0 Å². The summed E-state index contributed by atoms with van der Waals surface area (Å²) >= 11 is 0. The van der Waals surface area contributed by atoms with E-state index in [0.29, 0.717) is 6.61 Å². The Labute approximate surface area is 88.4 Å². The van der Waals surface area contributed by atoms with Crippen LogP contribution < -0.4 is 5.73 Å². The van der Waals surface area contributed by atoms with Crippen molar-refractivity contribution in [2.75, 3.05) is 6.61 Å². The van der Waals surface area contributed by atoms with Crippen LogP contribution in [0.2, 0.25) is 0 Å². The minimum absolute atomic E-state index is 0. The molecule has 1 heterocycles. The van der Waals surface area contributed by atoms with Gasteiger partial charge in [-0.15, -0.1) is 12.4 Å². The lowest BCUT2D eigenvalue weighted by Crippen LogP contribution is -2.17. The van der Waals surface area contributed by atoms with E-state index in [1.54, 1.807) is 19.2 Å². The molecule has 80 valence electrons. The van der Waals surface area contributed by atoms with Gasteiger partial charge in [-0.05, 0) is 13.0 Å². The highest BCUT2D eigenvalue weighted by atomic mass is 35.5. The molecule has 14 heavy (non-hydrogen) atoms. The van der Waals surface area contributed by atoms with E-state index in [4.69, 9.17) is 10.5 Å². The Balaban J connectivity index is 0.00000169. The zero-order valence-corrected chi connectivity index (χ0v) is 8.71. The Kier molecular flexibility index (Phi) is 5.91. The number of esters is 1. The van der Waals surface area contributed by atoms with Gasteiger partial charge < -0.3 is 10.5 Å². The fraction of sp³-hybridized carbons (Fsp3) is 0.500. The monoisotopic (exact) mass is 219 g/mol. The maximum atomic E-state index is 11.0. The largest absolute Gasteiger partial charge is 0.466 e. The number of ether oxygens (including phenoxy) is 1. The number of H-pyrrole nitrogens is 1. The van der Waals surface area contributed by atoms with E-state index in [9.17, 15) is 4.79 Å². The van der Waals surface area contributed by atoms with Gasteiger partial charge in [0, 0.05) is 6.20 Å². The standard InChI is InChI=1S/C8H13N3O2.ClH/c1-2-13-8(12)5-6(9)7-3-4-10-11-7;/h3-4,6H,2,5,9H2,1H3,(H,10,11);1H. The van der Waals surface area contributed by atoms with E-state index in [0.717, 1.165) is 5.69 Å². The number of nitrogens with zero attached hydrogens (tertiary/aromatic N) is 1. The van der Waals surface area contributed by atoms with Gasteiger partial charge in [0.1, 0.15) is 0 Å². The predicted molar refractivity (Wildman–Crippen MR) is 54.0 cm³/mol. The number of halogens is 1. The third-order valence-electron chi connectivity index (χ3n) is 1.61. The van der Waals surface area contributed by atoms with Crippen LogP contribution in [0.15, 0.2) is 12.3 Å². The molecule has 1 aromatic rings. The van der Waals surface area contributed by atoms with Crippen LogP contribution in [-0.4, -0.2) is 22.8 Å². The second-order valence-corrected chi connectivity index (χ2v) is 2.63. The molecule has 0 aliphatic carbocycles. The molecule has 1 rings (SSSR count).